The molecular formula is C21H29N3O+2. The number of hydrogen-bond acceptors (Lipinski definition) is 1. The Balaban J connectivity index is 1.53. The number of carbonyl (C=O) groups excluding carboxylic acids is 1. The lowest BCUT2D eigenvalue weighted by Gasteiger charge is -2.35. The summed E-state index contributed by atoms with van der Waals surface area (Å²) in [5, 5.41) is 2.20. The van der Waals surface area contributed by atoms with Crippen LogP contribution in [0.3, 0.4) is 0 Å². The van der Waals surface area contributed by atoms with Gasteiger partial charge in [-0.05, 0) is 5.56 Å². The fraction of sp³-hybridized carbons (Fsp3) is 0.381. The highest BCUT2D eigenvalue weighted by atomic mass is 16.1. The summed E-state index contributed by atoms with van der Waals surface area (Å²) in [4.78, 5) is 13.7. The van der Waals surface area contributed by atoms with E-state index < -0.39 is 5.54 Å². The van der Waals surface area contributed by atoms with E-state index in [9.17, 15) is 4.79 Å². The Morgan fingerprint density at radius 1 is 0.960 bits per heavy atom. The molecule has 0 bridgehead atoms. The SMILES string of the molecule is NC(=O)C1([NH2+]CCc2ccccc2)CC[NH+](Cc2ccccc2)CC1. The number of nitrogens with one attached hydrogen (secondary N) is 1. The van der Waals surface area contributed by atoms with Crippen LogP contribution in [0.15, 0.2) is 60.7 Å². The number of primary amides is 1. The minimum Gasteiger partial charge on any atom is -0.364 e. The number of benzene rings is 2. The Morgan fingerprint density at radius 2 is 1.52 bits per heavy atom. The zero-order valence-corrected chi connectivity index (χ0v) is 14.8. The van der Waals surface area contributed by atoms with Gasteiger partial charge in [0.25, 0.3) is 5.91 Å². The minimum atomic E-state index is -0.422. The molecule has 1 heterocycles. The quantitative estimate of drug-likeness (QED) is 0.648. The van der Waals surface area contributed by atoms with Crippen LogP contribution in [0.4, 0.5) is 0 Å². The van der Waals surface area contributed by atoms with Crippen LogP contribution >= 0.6 is 0 Å². The number of rotatable bonds is 7. The Morgan fingerprint density at radius 3 is 2.08 bits per heavy atom. The first-order chi connectivity index (χ1) is 12.2. The second-order valence-electron chi connectivity index (χ2n) is 7.16. The van der Waals surface area contributed by atoms with Crippen molar-refractivity contribution in [3.8, 4) is 0 Å². The number of carbonyl (C=O) groups is 1. The van der Waals surface area contributed by atoms with E-state index in [1.165, 1.54) is 11.1 Å². The van der Waals surface area contributed by atoms with Gasteiger partial charge in [-0.2, -0.15) is 0 Å². The van der Waals surface area contributed by atoms with Crippen molar-refractivity contribution in [3.63, 3.8) is 0 Å². The second-order valence-corrected chi connectivity index (χ2v) is 7.16. The van der Waals surface area contributed by atoms with Gasteiger partial charge < -0.3 is 16.0 Å². The van der Waals surface area contributed by atoms with Gasteiger partial charge in [-0.1, -0.05) is 60.7 Å². The molecule has 1 aliphatic rings. The van der Waals surface area contributed by atoms with E-state index in [2.05, 4.69) is 59.9 Å². The van der Waals surface area contributed by atoms with Crippen molar-refractivity contribution in [1.82, 2.24) is 0 Å². The van der Waals surface area contributed by atoms with E-state index in [1.807, 2.05) is 6.07 Å². The largest absolute Gasteiger partial charge is 0.364 e. The molecule has 0 spiro atoms. The summed E-state index contributed by atoms with van der Waals surface area (Å²) in [6, 6.07) is 21.0. The second kappa shape index (κ2) is 8.28. The van der Waals surface area contributed by atoms with Gasteiger partial charge in [-0.15, -0.1) is 0 Å². The molecule has 5 N–H and O–H groups in total. The van der Waals surface area contributed by atoms with Crippen molar-refractivity contribution in [2.24, 2.45) is 5.73 Å². The molecule has 0 aromatic heterocycles. The van der Waals surface area contributed by atoms with Gasteiger partial charge in [0.1, 0.15) is 6.54 Å². The summed E-state index contributed by atoms with van der Waals surface area (Å²) in [5.74, 6) is -0.153. The smallest absolute Gasteiger partial charge is 0.279 e. The molecule has 0 aliphatic carbocycles. The lowest BCUT2D eigenvalue weighted by molar-refractivity contribution is -0.928. The van der Waals surface area contributed by atoms with E-state index in [4.69, 9.17) is 5.73 Å². The highest BCUT2D eigenvalue weighted by Gasteiger charge is 2.45. The molecule has 1 aliphatic heterocycles. The monoisotopic (exact) mass is 339 g/mol. The molecule has 132 valence electrons. The van der Waals surface area contributed by atoms with Crippen LogP contribution in [-0.2, 0) is 17.8 Å². The third kappa shape index (κ3) is 4.68. The molecule has 1 amide bonds. The standard InChI is InChI=1S/C21H27N3O/c22-20(25)21(23-14-11-18-7-3-1-4-8-18)12-15-24(16-13-21)17-19-9-5-2-6-10-19/h1-10,23H,11-17H2,(H2,22,25)/p+2. The number of amides is 1. The number of hydrogen-bond donors (Lipinski definition) is 3. The average molecular weight is 339 g/mol. The molecule has 0 atom stereocenters. The van der Waals surface area contributed by atoms with Crippen molar-refractivity contribution in [3.05, 3.63) is 71.8 Å². The van der Waals surface area contributed by atoms with Gasteiger partial charge in [-0.25, -0.2) is 0 Å². The maximum atomic E-state index is 12.2. The van der Waals surface area contributed by atoms with E-state index in [1.54, 1.807) is 4.90 Å². The summed E-state index contributed by atoms with van der Waals surface area (Å²) < 4.78 is 0. The van der Waals surface area contributed by atoms with Gasteiger partial charge in [0.05, 0.1) is 32.5 Å². The lowest BCUT2D eigenvalue weighted by Crippen LogP contribution is -3.15. The summed E-state index contributed by atoms with van der Waals surface area (Å²) >= 11 is 0. The van der Waals surface area contributed by atoms with Crippen molar-refractivity contribution < 1.29 is 15.0 Å². The first kappa shape index (κ1) is 17.6. The normalized spacial score (nSPS) is 23.3. The molecule has 4 nitrogen and oxygen atoms in total. The Labute approximate surface area is 150 Å². The fourth-order valence-electron chi connectivity index (χ4n) is 3.82. The third-order valence-electron chi connectivity index (χ3n) is 5.45. The molecule has 0 radical (unpaired) electrons. The van der Waals surface area contributed by atoms with E-state index in [0.29, 0.717) is 0 Å². The van der Waals surface area contributed by atoms with Crippen LogP contribution in [0.5, 0.6) is 0 Å². The van der Waals surface area contributed by atoms with Crippen LogP contribution in [-0.4, -0.2) is 31.1 Å². The molecule has 2 aromatic rings. The molecule has 1 fully saturated rings. The minimum absolute atomic E-state index is 0.153. The highest BCUT2D eigenvalue weighted by molar-refractivity contribution is 5.82. The fourth-order valence-corrected chi connectivity index (χ4v) is 3.82. The first-order valence-electron chi connectivity index (χ1n) is 9.24. The Bertz CT molecular complexity index is 664. The topological polar surface area (TPSA) is 64.1 Å². The average Bonchev–Trinajstić information content (AvgIpc) is 2.65. The zero-order chi connectivity index (χ0) is 17.5. The predicted molar refractivity (Wildman–Crippen MR) is 98.9 cm³/mol. The highest BCUT2D eigenvalue weighted by Crippen LogP contribution is 2.11. The van der Waals surface area contributed by atoms with Gasteiger partial charge in [0, 0.05) is 12.0 Å². The summed E-state index contributed by atoms with van der Waals surface area (Å²) in [7, 11) is 0. The Kier molecular flexibility index (Phi) is 5.84. The van der Waals surface area contributed by atoms with Crippen molar-refractivity contribution in [1.29, 1.82) is 0 Å². The van der Waals surface area contributed by atoms with E-state index >= 15 is 0 Å². The third-order valence-corrected chi connectivity index (χ3v) is 5.45. The maximum Gasteiger partial charge on any atom is 0.279 e. The molecular weight excluding hydrogens is 310 g/mol. The number of piperidine rings is 1. The lowest BCUT2D eigenvalue weighted by atomic mass is 9.86. The molecule has 0 unspecified atom stereocenters. The molecule has 1 saturated heterocycles. The molecule has 3 rings (SSSR count). The maximum absolute atomic E-state index is 12.2. The molecule has 25 heavy (non-hydrogen) atoms. The van der Waals surface area contributed by atoms with E-state index in [0.717, 1.165) is 45.4 Å². The summed E-state index contributed by atoms with van der Waals surface area (Å²) in [6.45, 7) is 3.93. The predicted octanol–water partition coefficient (Wildman–Crippen LogP) is -0.104. The van der Waals surface area contributed by atoms with Gasteiger partial charge in [0.15, 0.2) is 5.54 Å². The van der Waals surface area contributed by atoms with Gasteiger partial charge >= 0.3 is 0 Å². The number of likely N-dealkylation sites (tertiary alicyclic amines) is 1. The Hall–Kier alpha value is -2.17. The van der Waals surface area contributed by atoms with Gasteiger partial charge in [0.2, 0.25) is 0 Å². The van der Waals surface area contributed by atoms with E-state index in [-0.39, 0.29) is 5.91 Å². The van der Waals surface area contributed by atoms with Crippen molar-refractivity contribution in [2.75, 3.05) is 19.6 Å². The van der Waals surface area contributed by atoms with Crippen LogP contribution in [0.2, 0.25) is 0 Å². The summed E-state index contributed by atoms with van der Waals surface area (Å²) in [5.41, 5.74) is 8.05. The molecule has 2 aromatic carbocycles. The van der Waals surface area contributed by atoms with Crippen molar-refractivity contribution in [2.45, 2.75) is 31.3 Å². The number of nitrogens with two attached hydrogens (primary N) is 2. The molecule has 0 saturated carbocycles. The van der Waals surface area contributed by atoms with Gasteiger partial charge in [-0.3, -0.25) is 4.79 Å². The van der Waals surface area contributed by atoms with Crippen LogP contribution < -0.4 is 16.0 Å². The zero-order valence-electron chi connectivity index (χ0n) is 14.8. The number of quaternary nitrogens is 2. The first-order valence-corrected chi connectivity index (χ1v) is 9.24. The molecule has 4 heteroatoms. The summed E-state index contributed by atoms with van der Waals surface area (Å²) in [6.07, 6.45) is 2.69. The van der Waals surface area contributed by atoms with Crippen LogP contribution in [0.1, 0.15) is 24.0 Å². The van der Waals surface area contributed by atoms with Crippen molar-refractivity contribution >= 4 is 5.91 Å². The van der Waals surface area contributed by atoms with Crippen LogP contribution in [0, 0.1) is 0 Å². The van der Waals surface area contributed by atoms with Crippen LogP contribution in [0.25, 0.3) is 0 Å².